The van der Waals surface area contributed by atoms with Crippen molar-refractivity contribution in [1.82, 2.24) is 0 Å². The number of esters is 1. The second-order valence-electron chi connectivity index (χ2n) is 8.01. The van der Waals surface area contributed by atoms with E-state index >= 15 is 0 Å². The third-order valence-corrected chi connectivity index (χ3v) is 6.69. The number of ether oxygens (including phenoxy) is 1. The molecule has 0 unspecified atom stereocenters. The van der Waals surface area contributed by atoms with Gasteiger partial charge in [-0.3, -0.25) is 14.4 Å². The molecule has 3 atom stereocenters. The van der Waals surface area contributed by atoms with E-state index in [1.807, 2.05) is 31.2 Å². The van der Waals surface area contributed by atoms with Crippen LogP contribution in [-0.2, 0) is 9.59 Å². The molecule has 5 heteroatoms. The van der Waals surface area contributed by atoms with Crippen LogP contribution in [0.2, 0.25) is 0 Å². The normalized spacial score (nSPS) is 25.6. The maximum atomic E-state index is 13.9. The summed E-state index contributed by atoms with van der Waals surface area (Å²) in [6.45, 7) is 1.85. The summed E-state index contributed by atoms with van der Waals surface area (Å²) < 4.78 is 5.64. The zero-order valence-electron chi connectivity index (χ0n) is 17.0. The Bertz CT molecular complexity index is 1190. The first-order chi connectivity index (χ1) is 15.1. The van der Waals surface area contributed by atoms with Gasteiger partial charge in [0.05, 0.1) is 5.41 Å². The fourth-order valence-electron chi connectivity index (χ4n) is 5.30. The molecule has 1 amide bonds. The number of benzene rings is 3. The molecule has 1 aliphatic heterocycles. The first-order valence-corrected chi connectivity index (χ1v) is 10.3. The summed E-state index contributed by atoms with van der Waals surface area (Å²) in [6.07, 6.45) is 0.330. The summed E-state index contributed by atoms with van der Waals surface area (Å²) in [4.78, 5) is 41.0. The van der Waals surface area contributed by atoms with Crippen LogP contribution < -0.4 is 10.1 Å². The third kappa shape index (κ3) is 2.46. The second-order valence-corrected chi connectivity index (χ2v) is 8.01. The number of hydrogen-bond donors (Lipinski definition) is 1. The molecule has 0 saturated heterocycles. The van der Waals surface area contributed by atoms with Gasteiger partial charge in [-0.1, -0.05) is 73.7 Å². The molecule has 5 nitrogen and oxygen atoms in total. The summed E-state index contributed by atoms with van der Waals surface area (Å²) in [6, 6.07) is 25.0. The van der Waals surface area contributed by atoms with Crippen LogP contribution in [-0.4, -0.2) is 17.7 Å². The van der Waals surface area contributed by atoms with Gasteiger partial charge in [-0.2, -0.15) is 0 Å². The van der Waals surface area contributed by atoms with E-state index in [9.17, 15) is 14.4 Å². The average Bonchev–Trinajstić information content (AvgIpc) is 3.47. The Labute approximate surface area is 180 Å². The van der Waals surface area contributed by atoms with E-state index in [1.54, 1.807) is 60.7 Å². The Kier molecular flexibility index (Phi) is 4.29. The molecule has 31 heavy (non-hydrogen) atoms. The highest BCUT2D eigenvalue weighted by Crippen LogP contribution is 2.80. The van der Waals surface area contributed by atoms with E-state index in [-0.39, 0.29) is 5.78 Å². The molecule has 0 spiro atoms. The maximum absolute atomic E-state index is 13.9. The van der Waals surface area contributed by atoms with Crippen LogP contribution in [0.4, 0.5) is 5.69 Å². The molecule has 1 saturated carbocycles. The van der Waals surface area contributed by atoms with Crippen molar-refractivity contribution in [2.24, 2.45) is 10.8 Å². The highest BCUT2D eigenvalue weighted by atomic mass is 16.5. The third-order valence-electron chi connectivity index (χ3n) is 6.69. The molecule has 1 fully saturated rings. The number of carbonyl (C=O) groups is 3. The van der Waals surface area contributed by atoms with Crippen LogP contribution in [0.15, 0.2) is 84.9 Å². The lowest BCUT2D eigenvalue weighted by atomic mass is 9.82. The Morgan fingerprint density at radius 3 is 2.19 bits per heavy atom. The van der Waals surface area contributed by atoms with Gasteiger partial charge in [-0.05, 0) is 24.6 Å². The quantitative estimate of drug-likeness (QED) is 0.288. The molecule has 1 N–H and O–H groups in total. The molecule has 154 valence electrons. The van der Waals surface area contributed by atoms with Crippen molar-refractivity contribution >= 4 is 23.3 Å². The van der Waals surface area contributed by atoms with E-state index in [0.29, 0.717) is 23.4 Å². The minimum absolute atomic E-state index is 0.211. The van der Waals surface area contributed by atoms with Gasteiger partial charge in [0.25, 0.3) is 0 Å². The predicted molar refractivity (Wildman–Crippen MR) is 116 cm³/mol. The van der Waals surface area contributed by atoms with Crippen molar-refractivity contribution in [3.63, 3.8) is 0 Å². The Hall–Kier alpha value is -3.73. The van der Waals surface area contributed by atoms with E-state index in [2.05, 4.69) is 5.32 Å². The fourth-order valence-corrected chi connectivity index (χ4v) is 5.30. The van der Waals surface area contributed by atoms with Crippen LogP contribution >= 0.6 is 0 Å². The lowest BCUT2D eigenvalue weighted by Crippen LogP contribution is -2.42. The summed E-state index contributed by atoms with van der Waals surface area (Å²) in [5, 5.41) is 2.86. The summed E-state index contributed by atoms with van der Waals surface area (Å²) in [5.74, 6) is -1.56. The number of rotatable bonds is 5. The zero-order valence-corrected chi connectivity index (χ0v) is 17.0. The molecular weight excluding hydrogens is 390 g/mol. The Morgan fingerprint density at radius 1 is 0.903 bits per heavy atom. The number of hydrogen-bond acceptors (Lipinski definition) is 4. The number of amides is 1. The van der Waals surface area contributed by atoms with Gasteiger partial charge in [0.15, 0.2) is 11.2 Å². The van der Waals surface area contributed by atoms with Crippen molar-refractivity contribution in [1.29, 1.82) is 0 Å². The van der Waals surface area contributed by atoms with Gasteiger partial charge in [0.2, 0.25) is 5.91 Å². The summed E-state index contributed by atoms with van der Waals surface area (Å²) in [5.41, 5.74) is -1.06. The van der Waals surface area contributed by atoms with Gasteiger partial charge < -0.3 is 10.1 Å². The largest absolute Gasteiger partial charge is 0.425 e. The molecule has 0 aromatic heterocycles. The summed E-state index contributed by atoms with van der Waals surface area (Å²) >= 11 is 0. The summed E-state index contributed by atoms with van der Waals surface area (Å²) in [7, 11) is 0. The predicted octanol–water partition coefficient (Wildman–Crippen LogP) is 4.61. The molecule has 1 heterocycles. The smallest absolute Gasteiger partial charge is 0.328 e. The Morgan fingerprint density at radius 2 is 1.52 bits per heavy atom. The van der Waals surface area contributed by atoms with Crippen LogP contribution in [0.3, 0.4) is 0 Å². The highest BCUT2D eigenvalue weighted by molar-refractivity contribution is 6.23. The topological polar surface area (TPSA) is 72.5 Å². The molecule has 5 rings (SSSR count). The van der Waals surface area contributed by atoms with Crippen molar-refractivity contribution in [3.8, 4) is 5.75 Å². The molecule has 3 aromatic rings. The molecule has 3 aromatic carbocycles. The van der Waals surface area contributed by atoms with E-state index in [4.69, 9.17) is 4.74 Å². The first kappa shape index (κ1) is 19.2. The second kappa shape index (κ2) is 6.91. The molecule has 0 radical (unpaired) electrons. The SMILES string of the molecule is CC[C@@]1(C(=O)c2ccccc2)[C@H]2c3ccccc3OC(=O)[C@@]21C(=O)Nc1ccccc1. The van der Waals surface area contributed by atoms with Crippen LogP contribution in [0.5, 0.6) is 5.75 Å². The number of para-hydroxylation sites is 2. The number of fused-ring (bicyclic) bond motifs is 3. The monoisotopic (exact) mass is 411 g/mol. The standard InChI is InChI=1S/C26H21NO4/c1-2-25(22(28)17-11-5-3-6-12-17)21-19-15-9-10-16-20(19)31-24(30)26(21,25)23(29)27-18-13-7-4-8-14-18/h3-16,21H,2H2,1H3,(H,27,29)/t21-,25+,26+/m1/s1. The number of Topliss-reactive ketones (excluding diaryl/α,β-unsaturated/α-hetero) is 1. The lowest BCUT2D eigenvalue weighted by Gasteiger charge is -2.23. The number of anilines is 1. The minimum Gasteiger partial charge on any atom is -0.425 e. The highest BCUT2D eigenvalue weighted by Gasteiger charge is 2.89. The Balaban J connectivity index is 1.68. The lowest BCUT2D eigenvalue weighted by molar-refractivity contribution is -0.147. The van der Waals surface area contributed by atoms with Gasteiger partial charge in [-0.15, -0.1) is 0 Å². The van der Waals surface area contributed by atoms with Crippen molar-refractivity contribution < 1.29 is 19.1 Å². The molecular formula is C26H21NO4. The van der Waals surface area contributed by atoms with E-state index in [1.165, 1.54) is 0 Å². The number of nitrogens with one attached hydrogen (secondary N) is 1. The molecule has 2 aliphatic rings. The van der Waals surface area contributed by atoms with Crippen LogP contribution in [0.25, 0.3) is 0 Å². The van der Waals surface area contributed by atoms with Crippen molar-refractivity contribution in [3.05, 3.63) is 96.1 Å². The average molecular weight is 411 g/mol. The zero-order chi connectivity index (χ0) is 21.6. The van der Waals surface area contributed by atoms with Gasteiger partial charge in [0, 0.05) is 22.7 Å². The maximum Gasteiger partial charge on any atom is 0.328 e. The van der Waals surface area contributed by atoms with Gasteiger partial charge in [0.1, 0.15) is 5.75 Å². The van der Waals surface area contributed by atoms with E-state index in [0.717, 1.165) is 5.56 Å². The molecule has 0 bridgehead atoms. The van der Waals surface area contributed by atoms with E-state index < -0.39 is 28.6 Å². The fraction of sp³-hybridized carbons (Fsp3) is 0.192. The van der Waals surface area contributed by atoms with Crippen LogP contribution in [0.1, 0.15) is 35.2 Å². The minimum atomic E-state index is -1.61. The van der Waals surface area contributed by atoms with Crippen LogP contribution in [0, 0.1) is 10.8 Å². The van der Waals surface area contributed by atoms with Gasteiger partial charge in [-0.25, -0.2) is 0 Å². The van der Waals surface area contributed by atoms with Crippen molar-refractivity contribution in [2.45, 2.75) is 19.3 Å². The number of ketones is 1. The van der Waals surface area contributed by atoms with Crippen molar-refractivity contribution in [2.75, 3.05) is 5.32 Å². The molecule has 1 aliphatic carbocycles. The van der Waals surface area contributed by atoms with Gasteiger partial charge >= 0.3 is 5.97 Å². The first-order valence-electron chi connectivity index (χ1n) is 10.3. The number of carbonyl (C=O) groups excluding carboxylic acids is 3.